The predicted molar refractivity (Wildman–Crippen MR) is 76.9 cm³/mol. The van der Waals surface area contributed by atoms with Gasteiger partial charge in [0.15, 0.2) is 5.84 Å². The molecule has 10 nitrogen and oxygen atoms in total. The van der Waals surface area contributed by atoms with E-state index in [1.165, 1.54) is 24.8 Å². The Morgan fingerprint density at radius 1 is 1.45 bits per heavy atom. The first-order valence-corrected chi connectivity index (χ1v) is 5.83. The number of aromatic carboxylic acids is 1. The lowest BCUT2D eigenvalue weighted by Gasteiger charge is -2.09. The van der Waals surface area contributed by atoms with Gasteiger partial charge in [0, 0.05) is 0 Å². The number of hydrogen-bond donors (Lipinski definition) is 4. The Bertz CT molecular complexity index is 788. The highest BCUT2D eigenvalue weighted by Gasteiger charge is 2.12. The van der Waals surface area contributed by atoms with Crippen molar-refractivity contribution in [3.05, 3.63) is 36.4 Å². The molecule has 2 aromatic rings. The number of nitrogens with one attached hydrogen (secondary N) is 2. The average molecular weight is 298 g/mol. The lowest BCUT2D eigenvalue weighted by Crippen LogP contribution is -2.22. The molecule has 10 heteroatoms. The molecule has 0 bridgehead atoms. The molecule has 0 saturated heterocycles. The fraction of sp³-hybridized carbons (Fsp3) is 0. The Kier molecular flexibility index (Phi) is 4.09. The summed E-state index contributed by atoms with van der Waals surface area (Å²) in [7, 11) is 0. The van der Waals surface area contributed by atoms with E-state index in [0.717, 1.165) is 0 Å². The minimum atomic E-state index is -1.17. The maximum absolute atomic E-state index is 11.2. The molecule has 0 aliphatic carbocycles. The minimum Gasteiger partial charge on any atom is -0.478 e. The first-order chi connectivity index (χ1) is 10.5. The van der Waals surface area contributed by atoms with Crippen LogP contribution >= 0.6 is 0 Å². The maximum atomic E-state index is 11.2. The third kappa shape index (κ3) is 3.05. The Morgan fingerprint density at radius 3 is 2.68 bits per heavy atom. The second-order valence-corrected chi connectivity index (χ2v) is 4.00. The van der Waals surface area contributed by atoms with Gasteiger partial charge in [-0.25, -0.2) is 4.79 Å². The second kappa shape index (κ2) is 6.14. The van der Waals surface area contributed by atoms with Crippen molar-refractivity contribution >= 4 is 23.2 Å². The first kappa shape index (κ1) is 14.7. The Morgan fingerprint density at radius 2 is 2.14 bits per heavy atom. The molecule has 2 rings (SSSR count). The Balaban J connectivity index is 2.43. The van der Waals surface area contributed by atoms with Gasteiger partial charge in [-0.05, 0) is 18.2 Å². The molecule has 0 saturated carbocycles. The third-order valence-electron chi connectivity index (χ3n) is 2.60. The van der Waals surface area contributed by atoms with Crippen molar-refractivity contribution in [3.63, 3.8) is 0 Å². The smallest absolute Gasteiger partial charge is 0.337 e. The van der Waals surface area contributed by atoms with E-state index in [-0.39, 0.29) is 17.0 Å². The lowest BCUT2D eigenvalue weighted by molar-refractivity contribution is 0.0698. The van der Waals surface area contributed by atoms with Crippen LogP contribution in [-0.2, 0) is 0 Å². The van der Waals surface area contributed by atoms with E-state index in [4.69, 9.17) is 21.5 Å². The quantitative estimate of drug-likeness (QED) is 0.347. The molecule has 0 radical (unpaired) electrons. The van der Waals surface area contributed by atoms with Crippen molar-refractivity contribution in [2.75, 3.05) is 5.43 Å². The van der Waals surface area contributed by atoms with Crippen LogP contribution in [0.15, 0.2) is 36.0 Å². The second-order valence-electron chi connectivity index (χ2n) is 4.00. The van der Waals surface area contributed by atoms with Crippen LogP contribution in [0.5, 0.6) is 0 Å². The van der Waals surface area contributed by atoms with Crippen molar-refractivity contribution in [3.8, 4) is 11.8 Å². The lowest BCUT2D eigenvalue weighted by atomic mass is 10.1. The number of hydrogen-bond acceptors (Lipinski definition) is 7. The summed E-state index contributed by atoms with van der Waals surface area (Å²) in [5, 5.41) is 36.0. The number of benzene rings is 1. The molecule has 0 aliphatic rings. The molecule has 5 N–H and O–H groups in total. The largest absolute Gasteiger partial charge is 0.478 e. The molecule has 110 valence electrons. The summed E-state index contributed by atoms with van der Waals surface area (Å²) in [5.74, 6) is -1.70. The highest BCUT2D eigenvalue weighted by Crippen LogP contribution is 2.20. The number of nitriles is 1. The van der Waals surface area contributed by atoms with Crippen molar-refractivity contribution in [1.29, 1.82) is 10.7 Å². The van der Waals surface area contributed by atoms with Gasteiger partial charge in [0.1, 0.15) is 18.7 Å². The molecule has 0 aliphatic heterocycles. The number of hydrazone groups is 1. The van der Waals surface area contributed by atoms with Gasteiger partial charge in [0.25, 0.3) is 0 Å². The van der Waals surface area contributed by atoms with Crippen molar-refractivity contribution in [1.82, 2.24) is 14.8 Å². The molecular weight excluding hydrogens is 288 g/mol. The van der Waals surface area contributed by atoms with Crippen molar-refractivity contribution in [2.45, 2.75) is 0 Å². The first-order valence-electron chi connectivity index (χ1n) is 5.83. The van der Waals surface area contributed by atoms with Crippen LogP contribution < -0.4 is 11.2 Å². The number of aromatic nitrogens is 3. The topological polar surface area (TPSA) is 166 Å². The minimum absolute atomic E-state index is 0.0542. The fourth-order valence-electron chi connectivity index (χ4n) is 1.57. The highest BCUT2D eigenvalue weighted by atomic mass is 16.4. The average Bonchev–Trinajstić information content (AvgIpc) is 3.01. The number of amidine groups is 1. The number of nitrogens with zero attached hydrogens (tertiary/aromatic N) is 5. The van der Waals surface area contributed by atoms with Gasteiger partial charge in [0.2, 0.25) is 5.71 Å². The molecule has 0 spiro atoms. The molecule has 1 aromatic carbocycles. The van der Waals surface area contributed by atoms with Crippen LogP contribution in [0.1, 0.15) is 10.4 Å². The maximum Gasteiger partial charge on any atom is 0.337 e. The zero-order chi connectivity index (χ0) is 16.1. The van der Waals surface area contributed by atoms with E-state index < -0.39 is 11.8 Å². The summed E-state index contributed by atoms with van der Waals surface area (Å²) >= 11 is 0. The summed E-state index contributed by atoms with van der Waals surface area (Å²) in [6, 6.07) is 6.06. The number of carboxylic acid groups (broad SMARTS) is 1. The zero-order valence-electron chi connectivity index (χ0n) is 11.1. The van der Waals surface area contributed by atoms with Crippen LogP contribution in [-0.4, -0.2) is 37.4 Å². The van der Waals surface area contributed by atoms with Crippen LogP contribution in [0.3, 0.4) is 0 Å². The Hall–Kier alpha value is -3.74. The molecule has 0 fully saturated rings. The molecule has 0 unspecified atom stereocenters. The van der Waals surface area contributed by atoms with E-state index in [0.29, 0.717) is 5.69 Å². The van der Waals surface area contributed by atoms with Gasteiger partial charge in [-0.15, -0.1) is 10.2 Å². The van der Waals surface area contributed by atoms with Gasteiger partial charge in [0.05, 0.1) is 16.9 Å². The standard InChI is InChI=1S/C12H10N8O2/c13-4-10(11(14)15)19-18-9-3-7(20-5-16-17-6-20)1-2-8(9)12(21)22/h1-3,5-6,18H,(H3,14,15)(H,21,22)/b19-10+. The predicted octanol–water partition coefficient (Wildman–Crippen LogP) is 0.193. The molecule has 1 aromatic heterocycles. The number of nitrogens with two attached hydrogens (primary N) is 1. The molecular formula is C12H10N8O2. The summed E-state index contributed by atoms with van der Waals surface area (Å²) in [6.45, 7) is 0. The third-order valence-corrected chi connectivity index (χ3v) is 2.60. The van der Waals surface area contributed by atoms with Crippen molar-refractivity contribution in [2.24, 2.45) is 10.8 Å². The van der Waals surface area contributed by atoms with Gasteiger partial charge in [-0.3, -0.25) is 15.4 Å². The van der Waals surface area contributed by atoms with Gasteiger partial charge in [-0.2, -0.15) is 10.4 Å². The van der Waals surface area contributed by atoms with E-state index >= 15 is 0 Å². The van der Waals surface area contributed by atoms with Crippen LogP contribution in [0.25, 0.3) is 5.69 Å². The van der Waals surface area contributed by atoms with Crippen LogP contribution in [0, 0.1) is 16.7 Å². The SMILES string of the molecule is N#C/C(=N\Nc1cc(-n2cnnc2)ccc1C(=O)O)C(=N)N. The number of rotatable bonds is 5. The fourth-order valence-corrected chi connectivity index (χ4v) is 1.57. The van der Waals surface area contributed by atoms with E-state index in [1.54, 1.807) is 16.7 Å². The molecule has 0 amide bonds. The molecule has 22 heavy (non-hydrogen) atoms. The number of carbonyl (C=O) groups is 1. The summed E-state index contributed by atoms with van der Waals surface area (Å²) in [5.41, 5.74) is 7.92. The molecule has 1 heterocycles. The summed E-state index contributed by atoms with van der Waals surface area (Å²) in [6.07, 6.45) is 2.89. The Labute approximate surface area is 124 Å². The highest BCUT2D eigenvalue weighted by molar-refractivity contribution is 6.45. The van der Waals surface area contributed by atoms with E-state index in [2.05, 4.69) is 20.7 Å². The van der Waals surface area contributed by atoms with Crippen LogP contribution in [0.4, 0.5) is 5.69 Å². The number of anilines is 1. The van der Waals surface area contributed by atoms with Gasteiger partial charge < -0.3 is 10.8 Å². The van der Waals surface area contributed by atoms with Crippen LogP contribution in [0.2, 0.25) is 0 Å². The van der Waals surface area contributed by atoms with Gasteiger partial charge >= 0.3 is 5.97 Å². The zero-order valence-corrected chi connectivity index (χ0v) is 11.1. The molecule has 0 atom stereocenters. The van der Waals surface area contributed by atoms with Crippen molar-refractivity contribution < 1.29 is 9.90 Å². The van der Waals surface area contributed by atoms with E-state index in [9.17, 15) is 4.79 Å². The summed E-state index contributed by atoms with van der Waals surface area (Å²) < 4.78 is 1.57. The summed E-state index contributed by atoms with van der Waals surface area (Å²) in [4.78, 5) is 11.2. The number of carboxylic acids is 1. The monoisotopic (exact) mass is 298 g/mol. The van der Waals surface area contributed by atoms with E-state index in [1.807, 2.05) is 0 Å². The normalized spacial score (nSPS) is 10.8. The van der Waals surface area contributed by atoms with Gasteiger partial charge in [-0.1, -0.05) is 0 Å².